The molecule has 0 atom stereocenters. The van der Waals surface area contributed by atoms with E-state index in [0.29, 0.717) is 0 Å². The molecule has 0 aliphatic rings. The van der Waals surface area contributed by atoms with Crippen molar-refractivity contribution in [1.29, 1.82) is 0 Å². The van der Waals surface area contributed by atoms with Crippen molar-refractivity contribution >= 4 is 11.2 Å². The summed E-state index contributed by atoms with van der Waals surface area (Å²) in [6.07, 6.45) is 1.76. The molecule has 3 aromatic rings. The normalized spacial score (nSPS) is 10.9. The first kappa shape index (κ1) is 10.0. The van der Waals surface area contributed by atoms with Crippen LogP contribution < -0.4 is 0 Å². The van der Waals surface area contributed by atoms with Crippen LogP contribution in [0.2, 0.25) is 0 Å². The highest BCUT2D eigenvalue weighted by atomic mass is 15.0. The van der Waals surface area contributed by atoms with Crippen molar-refractivity contribution in [2.24, 2.45) is 0 Å². The number of fused-ring (bicyclic) bond motifs is 1. The van der Waals surface area contributed by atoms with Crippen molar-refractivity contribution in [2.75, 3.05) is 0 Å². The van der Waals surface area contributed by atoms with Gasteiger partial charge in [-0.3, -0.25) is 0 Å². The number of hydrogen-bond acceptors (Lipinski definition) is 2. The second-order valence-corrected chi connectivity index (χ2v) is 4.23. The maximum atomic E-state index is 4.54. The maximum absolute atomic E-state index is 4.54. The third-order valence-electron chi connectivity index (χ3n) is 2.98. The number of nitrogens with one attached hydrogen (secondary N) is 1. The molecule has 0 radical (unpaired) electrons. The summed E-state index contributed by atoms with van der Waals surface area (Å²) in [5.41, 5.74) is 5.37. The molecule has 17 heavy (non-hydrogen) atoms. The predicted molar refractivity (Wildman–Crippen MR) is 68.8 cm³/mol. The zero-order valence-electron chi connectivity index (χ0n) is 9.86. The van der Waals surface area contributed by atoms with Crippen molar-refractivity contribution in [2.45, 2.75) is 13.8 Å². The molecule has 3 nitrogen and oxygen atoms in total. The van der Waals surface area contributed by atoms with Gasteiger partial charge in [0.1, 0.15) is 5.82 Å². The number of rotatable bonds is 1. The molecule has 0 fully saturated rings. The van der Waals surface area contributed by atoms with Crippen LogP contribution in [0, 0.1) is 13.8 Å². The van der Waals surface area contributed by atoms with Crippen LogP contribution in [0.15, 0.2) is 36.5 Å². The summed E-state index contributed by atoms with van der Waals surface area (Å²) >= 11 is 0. The van der Waals surface area contributed by atoms with Crippen molar-refractivity contribution < 1.29 is 0 Å². The van der Waals surface area contributed by atoms with E-state index in [0.717, 1.165) is 17.0 Å². The minimum atomic E-state index is 0.769. The number of aromatic nitrogens is 3. The maximum Gasteiger partial charge on any atom is 0.178 e. The summed E-state index contributed by atoms with van der Waals surface area (Å²) in [6, 6.07) is 10.2. The fourth-order valence-electron chi connectivity index (χ4n) is 2.15. The van der Waals surface area contributed by atoms with Crippen LogP contribution in [0.3, 0.4) is 0 Å². The number of nitrogens with zero attached hydrogens (tertiary/aromatic N) is 2. The second-order valence-electron chi connectivity index (χ2n) is 4.23. The average Bonchev–Trinajstić information content (AvgIpc) is 2.71. The van der Waals surface area contributed by atoms with Gasteiger partial charge in [-0.25, -0.2) is 9.97 Å². The summed E-state index contributed by atoms with van der Waals surface area (Å²) in [6.45, 7) is 4.20. The molecule has 2 heterocycles. The SMILES string of the molecule is Cc1cccc(C)c1-c1nc2ncccc2[nH]1. The van der Waals surface area contributed by atoms with Gasteiger partial charge in [0.25, 0.3) is 0 Å². The van der Waals surface area contributed by atoms with Gasteiger partial charge in [0, 0.05) is 11.8 Å². The Morgan fingerprint density at radius 3 is 2.47 bits per heavy atom. The van der Waals surface area contributed by atoms with Gasteiger partial charge in [-0.2, -0.15) is 0 Å². The van der Waals surface area contributed by atoms with Crippen LogP contribution in [-0.4, -0.2) is 15.0 Å². The quantitative estimate of drug-likeness (QED) is 0.688. The molecule has 3 heteroatoms. The van der Waals surface area contributed by atoms with Crippen molar-refractivity contribution in [3.63, 3.8) is 0 Å². The summed E-state index contributed by atoms with van der Waals surface area (Å²) in [4.78, 5) is 12.1. The van der Waals surface area contributed by atoms with Crippen LogP contribution >= 0.6 is 0 Å². The lowest BCUT2D eigenvalue weighted by molar-refractivity contribution is 1.26. The largest absolute Gasteiger partial charge is 0.337 e. The Bertz CT molecular complexity index is 630. The Hall–Kier alpha value is -2.16. The molecule has 0 unspecified atom stereocenters. The van der Waals surface area contributed by atoms with Crippen molar-refractivity contribution in [3.05, 3.63) is 47.7 Å². The third-order valence-corrected chi connectivity index (χ3v) is 2.98. The Morgan fingerprint density at radius 2 is 1.76 bits per heavy atom. The Kier molecular flexibility index (Phi) is 2.18. The van der Waals surface area contributed by atoms with E-state index >= 15 is 0 Å². The zero-order chi connectivity index (χ0) is 11.8. The Morgan fingerprint density at radius 1 is 1.00 bits per heavy atom. The third kappa shape index (κ3) is 1.60. The van der Waals surface area contributed by atoms with E-state index < -0.39 is 0 Å². The van der Waals surface area contributed by atoms with Gasteiger partial charge in [-0.05, 0) is 37.1 Å². The zero-order valence-corrected chi connectivity index (χ0v) is 9.86. The highest BCUT2D eigenvalue weighted by Crippen LogP contribution is 2.25. The highest BCUT2D eigenvalue weighted by molar-refractivity contribution is 5.77. The van der Waals surface area contributed by atoms with E-state index in [2.05, 4.69) is 47.0 Å². The number of imidazole rings is 1. The summed E-state index contributed by atoms with van der Waals surface area (Å²) < 4.78 is 0. The first-order chi connectivity index (χ1) is 8.25. The molecule has 0 saturated heterocycles. The molecule has 3 rings (SSSR count). The monoisotopic (exact) mass is 223 g/mol. The molecule has 0 saturated carbocycles. The van der Waals surface area contributed by atoms with E-state index in [1.165, 1.54) is 16.7 Å². The molecule has 84 valence electrons. The van der Waals surface area contributed by atoms with E-state index in [4.69, 9.17) is 0 Å². The predicted octanol–water partition coefficient (Wildman–Crippen LogP) is 3.24. The lowest BCUT2D eigenvalue weighted by Gasteiger charge is -2.05. The Labute approximate surface area is 99.5 Å². The molecule has 1 aromatic carbocycles. The molecule has 0 amide bonds. The summed E-state index contributed by atoms with van der Waals surface area (Å²) in [5, 5.41) is 0. The smallest absolute Gasteiger partial charge is 0.178 e. The van der Waals surface area contributed by atoms with Crippen molar-refractivity contribution in [3.8, 4) is 11.4 Å². The van der Waals surface area contributed by atoms with Gasteiger partial charge in [-0.15, -0.1) is 0 Å². The van der Waals surface area contributed by atoms with Crippen LogP contribution in [0.25, 0.3) is 22.6 Å². The molecule has 1 N–H and O–H groups in total. The highest BCUT2D eigenvalue weighted by Gasteiger charge is 2.10. The lowest BCUT2D eigenvalue weighted by atomic mass is 10.0. The first-order valence-corrected chi connectivity index (χ1v) is 5.63. The molecule has 0 bridgehead atoms. The summed E-state index contributed by atoms with van der Waals surface area (Å²) in [5.74, 6) is 0.898. The van der Waals surface area contributed by atoms with E-state index in [-0.39, 0.29) is 0 Å². The number of hydrogen-bond donors (Lipinski definition) is 1. The van der Waals surface area contributed by atoms with Gasteiger partial charge in [-0.1, -0.05) is 18.2 Å². The van der Waals surface area contributed by atoms with Crippen molar-refractivity contribution in [1.82, 2.24) is 15.0 Å². The van der Waals surface area contributed by atoms with E-state index in [1.54, 1.807) is 6.20 Å². The molecule has 0 spiro atoms. The fraction of sp³-hybridized carbons (Fsp3) is 0.143. The topological polar surface area (TPSA) is 41.6 Å². The number of aromatic amines is 1. The van der Waals surface area contributed by atoms with Gasteiger partial charge in [0.2, 0.25) is 0 Å². The second kappa shape index (κ2) is 3.70. The van der Waals surface area contributed by atoms with Crippen LogP contribution in [0.1, 0.15) is 11.1 Å². The van der Waals surface area contributed by atoms with Gasteiger partial charge < -0.3 is 4.98 Å². The van der Waals surface area contributed by atoms with E-state index in [1.807, 2.05) is 12.1 Å². The molecule has 2 aromatic heterocycles. The van der Waals surface area contributed by atoms with Gasteiger partial charge in [0.05, 0.1) is 5.52 Å². The standard InChI is InChI=1S/C14H13N3/c1-9-5-3-6-10(2)12(9)14-16-11-7-4-8-15-13(11)17-14/h3-8H,1-2H3,(H,15,16,17). The number of aryl methyl sites for hydroxylation is 2. The van der Waals surface area contributed by atoms with Gasteiger partial charge >= 0.3 is 0 Å². The molecular formula is C14H13N3. The molecular weight excluding hydrogens is 210 g/mol. The van der Waals surface area contributed by atoms with Crippen LogP contribution in [-0.2, 0) is 0 Å². The number of pyridine rings is 1. The minimum absolute atomic E-state index is 0.769. The average molecular weight is 223 g/mol. The first-order valence-electron chi connectivity index (χ1n) is 5.63. The minimum Gasteiger partial charge on any atom is -0.337 e. The number of H-pyrrole nitrogens is 1. The molecule has 0 aliphatic carbocycles. The van der Waals surface area contributed by atoms with E-state index in [9.17, 15) is 0 Å². The lowest BCUT2D eigenvalue weighted by Crippen LogP contribution is -1.89. The van der Waals surface area contributed by atoms with Crippen LogP contribution in [0.5, 0.6) is 0 Å². The van der Waals surface area contributed by atoms with Crippen LogP contribution in [0.4, 0.5) is 0 Å². The number of benzene rings is 1. The molecule has 0 aliphatic heterocycles. The fourth-order valence-corrected chi connectivity index (χ4v) is 2.15. The summed E-state index contributed by atoms with van der Waals surface area (Å²) in [7, 11) is 0. The van der Waals surface area contributed by atoms with Gasteiger partial charge in [0.15, 0.2) is 5.65 Å². The Balaban J connectivity index is 2.27.